The average molecular weight is 365 g/mol. The Morgan fingerprint density at radius 2 is 2.08 bits per heavy atom. The Kier molecular flexibility index (Phi) is 5.94. The van der Waals surface area contributed by atoms with Crippen molar-refractivity contribution in [1.82, 2.24) is 20.1 Å². The van der Waals surface area contributed by atoms with Crippen molar-refractivity contribution >= 4 is 29.0 Å². The van der Waals surface area contributed by atoms with Crippen LogP contribution in [0.15, 0.2) is 16.6 Å². The van der Waals surface area contributed by atoms with Crippen LogP contribution in [0.2, 0.25) is 0 Å². The van der Waals surface area contributed by atoms with Gasteiger partial charge in [0.1, 0.15) is 0 Å². The number of aryl methyl sites for hydroxylation is 1. The van der Waals surface area contributed by atoms with Gasteiger partial charge in [-0.05, 0) is 25.8 Å². The largest absolute Gasteiger partial charge is 0.353 e. The smallest absolute Gasteiger partial charge is 0.230 e. The number of hydrogen-bond donors (Lipinski definition) is 1. The van der Waals surface area contributed by atoms with Crippen LogP contribution in [0.3, 0.4) is 0 Å². The van der Waals surface area contributed by atoms with Gasteiger partial charge in [0.2, 0.25) is 5.91 Å². The van der Waals surface area contributed by atoms with Crippen molar-refractivity contribution in [2.75, 3.05) is 5.75 Å². The van der Waals surface area contributed by atoms with E-state index in [1.807, 2.05) is 11.6 Å². The molecule has 2 aromatic rings. The van der Waals surface area contributed by atoms with E-state index >= 15 is 0 Å². The third-order valence-electron chi connectivity index (χ3n) is 4.38. The molecule has 130 valence electrons. The number of rotatable bonds is 5. The van der Waals surface area contributed by atoms with E-state index in [0.29, 0.717) is 11.8 Å². The number of hydrogen-bond acceptors (Lipinski definition) is 5. The molecule has 0 spiro atoms. The van der Waals surface area contributed by atoms with Crippen molar-refractivity contribution in [3.63, 3.8) is 0 Å². The maximum absolute atomic E-state index is 12.2. The summed E-state index contributed by atoms with van der Waals surface area (Å²) < 4.78 is 1.96. The lowest BCUT2D eigenvalue weighted by Gasteiger charge is -2.15. The second-order valence-corrected chi connectivity index (χ2v) is 8.41. The normalized spacial score (nSPS) is 16.1. The zero-order valence-corrected chi connectivity index (χ0v) is 15.9. The number of nitrogens with zero attached hydrogens (tertiary/aromatic N) is 3. The molecule has 0 aliphatic heterocycles. The molecule has 24 heavy (non-hydrogen) atoms. The highest BCUT2D eigenvalue weighted by Gasteiger charge is 2.17. The van der Waals surface area contributed by atoms with Crippen LogP contribution >= 0.6 is 23.1 Å². The van der Waals surface area contributed by atoms with E-state index < -0.39 is 0 Å². The average Bonchev–Trinajstić information content (AvgIpc) is 3.04. The van der Waals surface area contributed by atoms with Gasteiger partial charge >= 0.3 is 0 Å². The minimum atomic E-state index is 0.0998. The minimum absolute atomic E-state index is 0.0998. The first-order chi connectivity index (χ1) is 11.6. The van der Waals surface area contributed by atoms with Crippen LogP contribution in [0.25, 0.3) is 11.4 Å². The summed E-state index contributed by atoms with van der Waals surface area (Å²) in [5, 5.41) is 14.6. The number of carbonyl (C=O) groups excluding carboxylic acids is 1. The van der Waals surface area contributed by atoms with Crippen LogP contribution in [0, 0.1) is 6.92 Å². The lowest BCUT2D eigenvalue weighted by Crippen LogP contribution is -2.35. The fourth-order valence-electron chi connectivity index (χ4n) is 3.08. The molecular weight excluding hydrogens is 340 g/mol. The molecule has 1 amide bonds. The Labute approximate surface area is 151 Å². The van der Waals surface area contributed by atoms with Crippen molar-refractivity contribution < 1.29 is 4.79 Å². The van der Waals surface area contributed by atoms with E-state index in [-0.39, 0.29) is 5.91 Å². The third kappa shape index (κ3) is 4.39. The summed E-state index contributed by atoms with van der Waals surface area (Å²) >= 11 is 3.16. The van der Waals surface area contributed by atoms with Gasteiger partial charge in [-0.1, -0.05) is 37.4 Å². The van der Waals surface area contributed by atoms with Gasteiger partial charge in [0, 0.05) is 28.9 Å². The second-order valence-electron chi connectivity index (χ2n) is 6.36. The molecule has 1 saturated carbocycles. The van der Waals surface area contributed by atoms with Crippen LogP contribution in [-0.4, -0.2) is 32.5 Å². The summed E-state index contributed by atoms with van der Waals surface area (Å²) in [5.74, 6) is 1.35. The number of nitrogens with one attached hydrogen (secondary N) is 1. The molecule has 0 radical (unpaired) electrons. The summed E-state index contributed by atoms with van der Waals surface area (Å²) in [6.45, 7) is 2.08. The van der Waals surface area contributed by atoms with E-state index in [9.17, 15) is 4.79 Å². The minimum Gasteiger partial charge on any atom is -0.353 e. The summed E-state index contributed by atoms with van der Waals surface area (Å²) in [5.41, 5.74) is 1.09. The van der Waals surface area contributed by atoms with Crippen LogP contribution in [-0.2, 0) is 11.8 Å². The lowest BCUT2D eigenvalue weighted by atomic mass is 10.1. The fraction of sp³-hybridized carbons (Fsp3) is 0.588. The van der Waals surface area contributed by atoms with E-state index in [1.54, 1.807) is 11.3 Å². The van der Waals surface area contributed by atoms with Gasteiger partial charge in [-0.25, -0.2) is 0 Å². The van der Waals surface area contributed by atoms with Gasteiger partial charge in [0.15, 0.2) is 11.0 Å². The van der Waals surface area contributed by atoms with Crippen molar-refractivity contribution in [2.45, 2.75) is 56.6 Å². The summed E-state index contributed by atoms with van der Waals surface area (Å²) in [4.78, 5) is 13.5. The molecule has 7 heteroatoms. The number of thioether (sulfide) groups is 1. The first-order valence-electron chi connectivity index (χ1n) is 8.50. The van der Waals surface area contributed by atoms with E-state index in [2.05, 4.69) is 33.9 Å². The quantitative estimate of drug-likeness (QED) is 0.648. The Balaban J connectivity index is 1.54. The first kappa shape index (κ1) is 17.5. The van der Waals surface area contributed by atoms with Gasteiger partial charge in [-0.2, -0.15) is 0 Å². The number of aromatic nitrogens is 3. The Morgan fingerprint density at radius 1 is 1.33 bits per heavy atom. The van der Waals surface area contributed by atoms with Crippen LogP contribution in [0.5, 0.6) is 0 Å². The standard InChI is InChI=1S/C17H24N4OS2/c1-12-9-13(10-23-12)16-19-20-17(21(16)2)24-11-15(22)18-14-7-5-3-4-6-8-14/h9-10,14H,3-8,11H2,1-2H3,(H,18,22). The van der Waals surface area contributed by atoms with Gasteiger partial charge < -0.3 is 9.88 Å². The van der Waals surface area contributed by atoms with Crippen molar-refractivity contribution in [2.24, 2.45) is 7.05 Å². The SMILES string of the molecule is Cc1cc(-c2nnc(SCC(=O)NC3CCCCCC3)n2C)cs1. The molecule has 0 saturated heterocycles. The van der Waals surface area contributed by atoms with Crippen molar-refractivity contribution in [3.05, 3.63) is 16.3 Å². The van der Waals surface area contributed by atoms with Crippen LogP contribution in [0.4, 0.5) is 0 Å². The highest BCUT2D eigenvalue weighted by Crippen LogP contribution is 2.26. The molecule has 0 aromatic carbocycles. The van der Waals surface area contributed by atoms with Gasteiger partial charge in [0.05, 0.1) is 5.75 Å². The second kappa shape index (κ2) is 8.16. The number of amides is 1. The van der Waals surface area contributed by atoms with Crippen LogP contribution < -0.4 is 5.32 Å². The van der Waals surface area contributed by atoms with Crippen LogP contribution in [0.1, 0.15) is 43.4 Å². The van der Waals surface area contributed by atoms with Gasteiger partial charge in [-0.3, -0.25) is 4.79 Å². The maximum atomic E-state index is 12.2. The molecule has 0 unspecified atom stereocenters. The molecule has 0 bridgehead atoms. The van der Waals surface area contributed by atoms with Crippen molar-refractivity contribution in [1.29, 1.82) is 0 Å². The molecule has 1 aliphatic carbocycles. The van der Waals surface area contributed by atoms with Gasteiger partial charge in [-0.15, -0.1) is 21.5 Å². The Hall–Kier alpha value is -1.34. The zero-order chi connectivity index (χ0) is 16.9. The van der Waals surface area contributed by atoms with Crippen molar-refractivity contribution in [3.8, 4) is 11.4 Å². The highest BCUT2D eigenvalue weighted by atomic mass is 32.2. The molecule has 1 N–H and O–H groups in total. The van der Waals surface area contributed by atoms with E-state index in [1.165, 1.54) is 42.3 Å². The molecular formula is C17H24N4OS2. The molecule has 0 atom stereocenters. The number of carbonyl (C=O) groups is 1. The first-order valence-corrected chi connectivity index (χ1v) is 10.4. The Morgan fingerprint density at radius 3 is 2.75 bits per heavy atom. The molecule has 1 aliphatic rings. The molecule has 3 rings (SSSR count). The topological polar surface area (TPSA) is 59.8 Å². The highest BCUT2D eigenvalue weighted by molar-refractivity contribution is 7.99. The summed E-state index contributed by atoms with van der Waals surface area (Å²) in [6.07, 6.45) is 7.27. The van der Waals surface area contributed by atoms with E-state index in [0.717, 1.165) is 29.4 Å². The Bertz CT molecular complexity index is 687. The molecule has 1 fully saturated rings. The maximum Gasteiger partial charge on any atom is 0.230 e. The van der Waals surface area contributed by atoms with Gasteiger partial charge in [0.25, 0.3) is 0 Å². The predicted molar refractivity (Wildman–Crippen MR) is 99.4 cm³/mol. The lowest BCUT2D eigenvalue weighted by molar-refractivity contribution is -0.119. The fourth-order valence-corrected chi connectivity index (χ4v) is 4.48. The summed E-state index contributed by atoms with van der Waals surface area (Å²) in [6, 6.07) is 2.46. The van der Waals surface area contributed by atoms with E-state index in [4.69, 9.17) is 0 Å². The number of thiophene rings is 1. The molecule has 2 heterocycles. The predicted octanol–water partition coefficient (Wildman–Crippen LogP) is 3.78. The monoisotopic (exact) mass is 364 g/mol. The summed E-state index contributed by atoms with van der Waals surface area (Å²) in [7, 11) is 1.95. The molecule has 2 aromatic heterocycles. The third-order valence-corrected chi connectivity index (χ3v) is 6.26. The molecule has 5 nitrogen and oxygen atoms in total. The zero-order valence-electron chi connectivity index (χ0n) is 14.2.